The van der Waals surface area contributed by atoms with Gasteiger partial charge in [0.25, 0.3) is 0 Å². The van der Waals surface area contributed by atoms with E-state index in [2.05, 4.69) is 69.1 Å². The Balaban J connectivity index is 1.73. The smallest absolute Gasteiger partial charge is 0.191 e. The molecule has 1 saturated carbocycles. The van der Waals surface area contributed by atoms with Crippen molar-refractivity contribution in [1.82, 2.24) is 9.78 Å². The number of Topliss-reactive ketones (excluding diaryl/α,β-unsaturated/α-hetero) is 1. The molecule has 176 valence electrons. The molecule has 0 saturated heterocycles. The number of nitrogens with zero attached hydrogens (tertiary/aromatic N) is 2. The van der Waals surface area contributed by atoms with E-state index >= 15 is 0 Å². The van der Waals surface area contributed by atoms with Gasteiger partial charge >= 0.3 is 0 Å². The Morgan fingerprint density at radius 2 is 1.81 bits per heavy atom. The summed E-state index contributed by atoms with van der Waals surface area (Å²) in [6, 6.07) is 11.0. The van der Waals surface area contributed by atoms with Crippen LogP contribution in [-0.2, 0) is 4.43 Å². The van der Waals surface area contributed by atoms with E-state index in [1.54, 1.807) is 11.8 Å². The summed E-state index contributed by atoms with van der Waals surface area (Å²) in [7, 11) is -1.77. The van der Waals surface area contributed by atoms with E-state index in [0.717, 1.165) is 30.5 Å². The Morgan fingerprint density at radius 3 is 2.41 bits per heavy atom. The van der Waals surface area contributed by atoms with Crippen molar-refractivity contribution in [3.05, 3.63) is 36.0 Å². The molecule has 1 fully saturated rings. The monoisotopic (exact) mass is 472 g/mol. The summed E-state index contributed by atoms with van der Waals surface area (Å²) in [4.78, 5) is 14.3. The number of rotatable bonds is 9. The van der Waals surface area contributed by atoms with Crippen molar-refractivity contribution in [2.75, 3.05) is 12.9 Å². The third-order valence-electron chi connectivity index (χ3n) is 7.15. The minimum absolute atomic E-state index is 0.125. The average Bonchev–Trinajstić information content (AvgIpc) is 3.22. The summed E-state index contributed by atoms with van der Waals surface area (Å²) in [6.07, 6.45) is 9.40. The van der Waals surface area contributed by atoms with Crippen LogP contribution < -0.4 is 0 Å². The fourth-order valence-corrected chi connectivity index (χ4v) is 5.51. The standard InChI is InChI=1S/C26H40N2O2SSi/c1-26(2,3)32(5,6)30-18-10-13-25(29)23-19-24(20-14-16-22(31-4)17-15-20)28(27-23)21-11-8-7-9-12-21/h14-17,19,21H,7-13,18H2,1-6H3. The number of carbonyl (C=O) groups excluding carboxylic acids is 1. The minimum Gasteiger partial charge on any atom is -0.417 e. The van der Waals surface area contributed by atoms with Crippen molar-refractivity contribution in [3.63, 3.8) is 0 Å². The molecule has 4 nitrogen and oxygen atoms in total. The first-order chi connectivity index (χ1) is 15.1. The lowest BCUT2D eigenvalue weighted by atomic mass is 9.95. The normalized spacial score (nSPS) is 15.8. The van der Waals surface area contributed by atoms with Crippen LogP contribution in [0, 0.1) is 0 Å². The summed E-state index contributed by atoms with van der Waals surface area (Å²) >= 11 is 1.74. The number of benzene rings is 1. The summed E-state index contributed by atoms with van der Waals surface area (Å²) < 4.78 is 8.40. The van der Waals surface area contributed by atoms with E-state index in [0.29, 0.717) is 24.8 Å². The van der Waals surface area contributed by atoms with Gasteiger partial charge in [-0.25, -0.2) is 0 Å². The molecule has 2 aromatic rings. The van der Waals surface area contributed by atoms with Crippen molar-refractivity contribution in [1.29, 1.82) is 0 Å². The number of aromatic nitrogens is 2. The third-order valence-corrected chi connectivity index (χ3v) is 12.4. The summed E-state index contributed by atoms with van der Waals surface area (Å²) in [6.45, 7) is 11.9. The molecule has 0 radical (unpaired) electrons. The predicted octanol–water partition coefficient (Wildman–Crippen LogP) is 7.76. The van der Waals surface area contributed by atoms with Gasteiger partial charge < -0.3 is 4.43 Å². The largest absolute Gasteiger partial charge is 0.417 e. The molecule has 1 aliphatic carbocycles. The van der Waals surface area contributed by atoms with Crippen molar-refractivity contribution in [2.45, 2.75) is 94.8 Å². The zero-order valence-electron chi connectivity index (χ0n) is 20.7. The van der Waals surface area contributed by atoms with Gasteiger partial charge in [-0.15, -0.1) is 11.8 Å². The molecule has 0 spiro atoms. The maximum atomic E-state index is 13.0. The first kappa shape index (κ1) is 25.3. The molecule has 0 N–H and O–H groups in total. The van der Waals surface area contributed by atoms with E-state index in [9.17, 15) is 4.79 Å². The highest BCUT2D eigenvalue weighted by Gasteiger charge is 2.36. The fraction of sp³-hybridized carbons (Fsp3) is 0.615. The van der Waals surface area contributed by atoms with Crippen LogP contribution in [0.15, 0.2) is 35.2 Å². The van der Waals surface area contributed by atoms with Crippen LogP contribution in [-0.4, -0.2) is 36.7 Å². The first-order valence-corrected chi connectivity index (χ1v) is 16.2. The van der Waals surface area contributed by atoms with Gasteiger partial charge in [-0.3, -0.25) is 9.48 Å². The van der Waals surface area contributed by atoms with Gasteiger partial charge in [0.1, 0.15) is 5.69 Å². The Hall–Kier alpha value is -1.37. The van der Waals surface area contributed by atoms with Gasteiger partial charge in [0.05, 0.1) is 11.7 Å². The highest BCUT2D eigenvalue weighted by Crippen LogP contribution is 2.37. The van der Waals surface area contributed by atoms with Crippen molar-refractivity contribution < 1.29 is 9.22 Å². The lowest BCUT2D eigenvalue weighted by Crippen LogP contribution is -2.41. The number of carbonyl (C=O) groups is 1. The summed E-state index contributed by atoms with van der Waals surface area (Å²) in [5.74, 6) is 0.125. The SMILES string of the molecule is CSc1ccc(-c2cc(C(=O)CCCO[Si](C)(C)C(C)(C)C)nn2C2CCCCC2)cc1. The van der Waals surface area contributed by atoms with E-state index in [4.69, 9.17) is 9.52 Å². The summed E-state index contributed by atoms with van der Waals surface area (Å²) in [5.41, 5.74) is 2.82. The molecule has 32 heavy (non-hydrogen) atoms. The van der Waals surface area contributed by atoms with Crippen LogP contribution >= 0.6 is 11.8 Å². The maximum absolute atomic E-state index is 13.0. The van der Waals surface area contributed by atoms with Crippen LogP contribution in [0.5, 0.6) is 0 Å². The van der Waals surface area contributed by atoms with E-state index in [1.165, 1.54) is 24.2 Å². The number of ketones is 1. The second-order valence-electron chi connectivity index (χ2n) is 10.5. The molecule has 0 unspecified atom stereocenters. The Labute approximate surface area is 199 Å². The molecule has 1 aromatic carbocycles. The van der Waals surface area contributed by atoms with Gasteiger partial charge in [0.2, 0.25) is 0 Å². The van der Waals surface area contributed by atoms with Crippen LogP contribution in [0.2, 0.25) is 18.1 Å². The van der Waals surface area contributed by atoms with Crippen LogP contribution in [0.25, 0.3) is 11.3 Å². The van der Waals surface area contributed by atoms with Gasteiger partial charge in [-0.05, 0) is 67.4 Å². The molecule has 1 heterocycles. The molecular formula is C26H40N2O2SSi. The highest BCUT2D eigenvalue weighted by atomic mass is 32.2. The molecule has 0 amide bonds. The highest BCUT2D eigenvalue weighted by molar-refractivity contribution is 7.98. The second-order valence-corrected chi connectivity index (χ2v) is 16.2. The topological polar surface area (TPSA) is 44.1 Å². The number of hydrogen-bond donors (Lipinski definition) is 0. The molecular weight excluding hydrogens is 432 g/mol. The van der Waals surface area contributed by atoms with Crippen molar-refractivity contribution in [3.8, 4) is 11.3 Å². The van der Waals surface area contributed by atoms with E-state index < -0.39 is 8.32 Å². The molecule has 1 aliphatic rings. The predicted molar refractivity (Wildman–Crippen MR) is 138 cm³/mol. The van der Waals surface area contributed by atoms with Gasteiger partial charge in [-0.1, -0.05) is 52.2 Å². The zero-order valence-corrected chi connectivity index (χ0v) is 22.6. The first-order valence-electron chi connectivity index (χ1n) is 12.0. The lowest BCUT2D eigenvalue weighted by molar-refractivity contribution is 0.0966. The lowest BCUT2D eigenvalue weighted by Gasteiger charge is -2.36. The minimum atomic E-state index is -1.77. The Morgan fingerprint density at radius 1 is 1.16 bits per heavy atom. The van der Waals surface area contributed by atoms with E-state index in [-0.39, 0.29) is 10.8 Å². The zero-order chi connectivity index (χ0) is 23.4. The van der Waals surface area contributed by atoms with Crippen LogP contribution in [0.3, 0.4) is 0 Å². The van der Waals surface area contributed by atoms with Crippen LogP contribution in [0.4, 0.5) is 0 Å². The van der Waals surface area contributed by atoms with Crippen molar-refractivity contribution >= 4 is 25.9 Å². The quantitative estimate of drug-likeness (QED) is 0.162. The van der Waals surface area contributed by atoms with Crippen LogP contribution in [0.1, 0.15) is 82.2 Å². The number of thioether (sulfide) groups is 1. The van der Waals surface area contributed by atoms with E-state index in [1.807, 2.05) is 6.07 Å². The second kappa shape index (κ2) is 10.7. The molecule has 0 aliphatic heterocycles. The maximum Gasteiger partial charge on any atom is 0.191 e. The Kier molecular flexibility index (Phi) is 8.45. The molecule has 3 rings (SSSR count). The van der Waals surface area contributed by atoms with Gasteiger partial charge in [0, 0.05) is 17.9 Å². The van der Waals surface area contributed by atoms with Crippen molar-refractivity contribution in [2.24, 2.45) is 0 Å². The summed E-state index contributed by atoms with van der Waals surface area (Å²) in [5, 5.41) is 5.04. The molecule has 0 bridgehead atoms. The Bertz CT molecular complexity index is 894. The molecule has 0 atom stereocenters. The number of hydrogen-bond acceptors (Lipinski definition) is 4. The van der Waals surface area contributed by atoms with Gasteiger partial charge in [-0.2, -0.15) is 5.10 Å². The average molecular weight is 473 g/mol. The fourth-order valence-electron chi connectivity index (χ4n) is 4.02. The molecule has 1 aromatic heterocycles. The van der Waals surface area contributed by atoms with Gasteiger partial charge in [0.15, 0.2) is 14.1 Å². The third kappa shape index (κ3) is 6.15. The molecule has 6 heteroatoms.